The Kier molecular flexibility index (Phi) is 6.55. The van der Waals surface area contributed by atoms with E-state index < -0.39 is 0 Å². The molecular formula is C18H16BrCl2NO2S. The first kappa shape index (κ1) is 18.9. The first-order valence-electron chi connectivity index (χ1n) is 7.79. The first-order valence-corrected chi connectivity index (χ1v) is 10.3. The van der Waals surface area contributed by atoms with Crippen LogP contribution in [0.25, 0.3) is 0 Å². The summed E-state index contributed by atoms with van der Waals surface area (Å²) in [6.45, 7) is 3.59. The summed E-state index contributed by atoms with van der Waals surface area (Å²) < 4.78 is 12.6. The van der Waals surface area contributed by atoms with Gasteiger partial charge in [-0.25, -0.2) is 0 Å². The molecule has 0 saturated carbocycles. The Morgan fingerprint density at radius 2 is 1.96 bits per heavy atom. The lowest BCUT2D eigenvalue weighted by Crippen LogP contribution is -2.03. The van der Waals surface area contributed by atoms with Crippen LogP contribution in [0.2, 0.25) is 10.0 Å². The van der Waals surface area contributed by atoms with Gasteiger partial charge in [-0.2, -0.15) is 0 Å². The fourth-order valence-electron chi connectivity index (χ4n) is 2.42. The van der Waals surface area contributed by atoms with E-state index in [9.17, 15) is 0 Å². The van der Waals surface area contributed by atoms with E-state index >= 15 is 0 Å². The van der Waals surface area contributed by atoms with Crippen molar-refractivity contribution in [3.8, 4) is 11.5 Å². The van der Waals surface area contributed by atoms with Gasteiger partial charge < -0.3 is 9.47 Å². The van der Waals surface area contributed by atoms with Gasteiger partial charge in [0.25, 0.3) is 0 Å². The van der Waals surface area contributed by atoms with E-state index in [0.29, 0.717) is 28.2 Å². The minimum absolute atomic E-state index is 0.256. The second kappa shape index (κ2) is 8.67. The van der Waals surface area contributed by atoms with E-state index in [4.69, 9.17) is 32.7 Å². The maximum Gasteiger partial charge on any atom is 0.175 e. The third-order valence-electron chi connectivity index (χ3n) is 3.56. The quantitative estimate of drug-likeness (QED) is 0.512. The van der Waals surface area contributed by atoms with Crippen LogP contribution in [0.15, 0.2) is 39.8 Å². The standard InChI is InChI=1S/C18H16BrCl2NO2S/c1-2-23-16-9-11(18-22-6-7-25-18)8-13(19)17(16)24-10-12-14(20)4-3-5-15(12)21/h3-5,8-9H,2,6-7,10H2,1H3. The molecule has 1 aliphatic heterocycles. The molecule has 1 aliphatic rings. The summed E-state index contributed by atoms with van der Waals surface area (Å²) in [7, 11) is 0. The van der Waals surface area contributed by atoms with Crippen LogP contribution >= 0.6 is 50.9 Å². The number of hydrogen-bond donors (Lipinski definition) is 0. The topological polar surface area (TPSA) is 30.8 Å². The van der Waals surface area contributed by atoms with Crippen molar-refractivity contribution in [3.05, 3.63) is 56.0 Å². The predicted molar refractivity (Wildman–Crippen MR) is 110 cm³/mol. The molecule has 0 unspecified atom stereocenters. The monoisotopic (exact) mass is 459 g/mol. The van der Waals surface area contributed by atoms with Crippen LogP contribution in [-0.2, 0) is 6.61 Å². The number of hydrogen-bond acceptors (Lipinski definition) is 4. The van der Waals surface area contributed by atoms with Crippen LogP contribution in [0.5, 0.6) is 11.5 Å². The van der Waals surface area contributed by atoms with E-state index in [1.807, 2.05) is 25.1 Å². The highest BCUT2D eigenvalue weighted by atomic mass is 79.9. The summed E-state index contributed by atoms with van der Waals surface area (Å²) in [5.74, 6) is 2.32. The van der Waals surface area contributed by atoms with Crippen molar-refractivity contribution in [1.29, 1.82) is 0 Å². The van der Waals surface area contributed by atoms with E-state index in [1.165, 1.54) is 0 Å². The van der Waals surface area contributed by atoms with Crippen molar-refractivity contribution >= 4 is 55.9 Å². The Labute approximate surface area is 169 Å². The van der Waals surface area contributed by atoms with E-state index in [1.54, 1.807) is 23.9 Å². The zero-order chi connectivity index (χ0) is 17.8. The van der Waals surface area contributed by atoms with Crippen molar-refractivity contribution in [2.75, 3.05) is 18.9 Å². The summed E-state index contributed by atoms with van der Waals surface area (Å²) in [6.07, 6.45) is 0. The molecule has 0 amide bonds. The molecule has 0 aliphatic carbocycles. The van der Waals surface area contributed by atoms with Crippen LogP contribution in [0.1, 0.15) is 18.1 Å². The average Bonchev–Trinajstić information content (AvgIpc) is 3.11. The molecule has 0 spiro atoms. The van der Waals surface area contributed by atoms with Gasteiger partial charge in [-0.3, -0.25) is 4.99 Å². The maximum absolute atomic E-state index is 6.22. The summed E-state index contributed by atoms with van der Waals surface area (Å²) in [5.41, 5.74) is 1.78. The van der Waals surface area contributed by atoms with Crippen molar-refractivity contribution in [2.24, 2.45) is 4.99 Å². The van der Waals surface area contributed by atoms with E-state index in [2.05, 4.69) is 20.9 Å². The van der Waals surface area contributed by atoms with Crippen LogP contribution in [0, 0.1) is 0 Å². The molecule has 2 aromatic rings. The highest BCUT2D eigenvalue weighted by molar-refractivity contribution is 9.10. The molecule has 0 atom stereocenters. The summed E-state index contributed by atoms with van der Waals surface area (Å²) in [5, 5.41) is 2.19. The van der Waals surface area contributed by atoms with Crippen LogP contribution < -0.4 is 9.47 Å². The second-order valence-corrected chi connectivity index (χ2v) is 7.99. The van der Waals surface area contributed by atoms with Crippen molar-refractivity contribution in [1.82, 2.24) is 0 Å². The number of nitrogens with zero attached hydrogens (tertiary/aromatic N) is 1. The first-order chi connectivity index (χ1) is 12.1. The molecule has 3 nitrogen and oxygen atoms in total. The third kappa shape index (κ3) is 4.45. The normalized spacial score (nSPS) is 13.7. The average molecular weight is 461 g/mol. The molecule has 0 radical (unpaired) electrons. The van der Waals surface area contributed by atoms with Gasteiger partial charge >= 0.3 is 0 Å². The van der Waals surface area contributed by atoms with Gasteiger partial charge in [-0.15, -0.1) is 11.8 Å². The SMILES string of the molecule is CCOc1cc(C2=NCCS2)cc(Br)c1OCc1c(Cl)cccc1Cl. The molecule has 0 N–H and O–H groups in total. The maximum atomic E-state index is 6.22. The molecule has 0 aromatic heterocycles. The lowest BCUT2D eigenvalue weighted by atomic mass is 10.2. The minimum Gasteiger partial charge on any atom is -0.490 e. The Bertz CT molecular complexity index is 794. The molecule has 7 heteroatoms. The molecule has 0 saturated heterocycles. The van der Waals surface area contributed by atoms with Crippen molar-refractivity contribution < 1.29 is 9.47 Å². The minimum atomic E-state index is 0.256. The largest absolute Gasteiger partial charge is 0.490 e. The number of thioether (sulfide) groups is 1. The lowest BCUT2D eigenvalue weighted by molar-refractivity contribution is 0.267. The molecule has 25 heavy (non-hydrogen) atoms. The fraction of sp³-hybridized carbons (Fsp3) is 0.278. The molecule has 3 rings (SSSR count). The van der Waals surface area contributed by atoms with Gasteiger partial charge in [0.1, 0.15) is 6.61 Å². The zero-order valence-corrected chi connectivity index (χ0v) is 17.4. The fourth-order valence-corrected chi connectivity index (χ4v) is 4.32. The number of aliphatic imine (C=N–C) groups is 1. The van der Waals surface area contributed by atoms with E-state index in [-0.39, 0.29) is 6.61 Å². The molecular weight excluding hydrogens is 445 g/mol. The Morgan fingerprint density at radius 1 is 1.20 bits per heavy atom. The van der Waals surface area contributed by atoms with Crippen LogP contribution in [0.3, 0.4) is 0 Å². The molecule has 0 fully saturated rings. The third-order valence-corrected chi connectivity index (χ3v) is 5.89. The smallest absolute Gasteiger partial charge is 0.175 e. The van der Waals surface area contributed by atoms with Gasteiger partial charge in [-0.1, -0.05) is 29.3 Å². The van der Waals surface area contributed by atoms with Crippen LogP contribution in [-0.4, -0.2) is 23.9 Å². The van der Waals surface area contributed by atoms with Crippen molar-refractivity contribution in [2.45, 2.75) is 13.5 Å². The molecule has 0 bridgehead atoms. The van der Waals surface area contributed by atoms with Gasteiger partial charge in [0.2, 0.25) is 0 Å². The molecule has 2 aromatic carbocycles. The van der Waals surface area contributed by atoms with Gasteiger partial charge in [0.15, 0.2) is 11.5 Å². The predicted octanol–water partition coefficient (Wildman–Crippen LogP) is 6.23. The van der Waals surface area contributed by atoms with Crippen LogP contribution in [0.4, 0.5) is 0 Å². The van der Waals surface area contributed by atoms with Crippen molar-refractivity contribution in [3.63, 3.8) is 0 Å². The summed E-state index contributed by atoms with van der Waals surface area (Å²) in [6, 6.07) is 9.37. The van der Waals surface area contributed by atoms with Gasteiger partial charge in [0.05, 0.1) is 16.1 Å². The van der Waals surface area contributed by atoms with Gasteiger partial charge in [-0.05, 0) is 47.1 Å². The lowest BCUT2D eigenvalue weighted by Gasteiger charge is -2.16. The summed E-state index contributed by atoms with van der Waals surface area (Å²) in [4.78, 5) is 4.52. The Balaban J connectivity index is 1.89. The number of rotatable bonds is 6. The highest BCUT2D eigenvalue weighted by Crippen LogP contribution is 2.39. The summed E-state index contributed by atoms with van der Waals surface area (Å²) >= 11 is 17.8. The van der Waals surface area contributed by atoms with Gasteiger partial charge in [0, 0.05) is 33.5 Å². The molecule has 132 valence electrons. The number of halogens is 3. The Hall–Kier alpha value is -0.880. The van der Waals surface area contributed by atoms with E-state index in [0.717, 1.165) is 32.9 Å². The Morgan fingerprint density at radius 3 is 2.60 bits per heavy atom. The highest BCUT2D eigenvalue weighted by Gasteiger charge is 2.18. The molecule has 1 heterocycles. The number of ether oxygens (including phenoxy) is 2. The number of benzene rings is 2. The zero-order valence-electron chi connectivity index (χ0n) is 13.5. The second-order valence-electron chi connectivity index (χ2n) is 5.24.